The van der Waals surface area contributed by atoms with Crippen LogP contribution >= 0.6 is 0 Å². The van der Waals surface area contributed by atoms with Gasteiger partial charge in [0, 0.05) is 6.61 Å². The molecular weight excluding hydrogens is 164 g/mol. The molecule has 0 amide bonds. The minimum Gasteiger partial charge on any atom is -0.508 e. The molecule has 0 saturated heterocycles. The Morgan fingerprint density at radius 2 is 2.08 bits per heavy atom. The summed E-state index contributed by atoms with van der Waals surface area (Å²) in [4.78, 5) is 0. The Bertz CT molecular complexity index is 281. The summed E-state index contributed by atoms with van der Waals surface area (Å²) in [5, 5.41) is 18.4. The SMILES string of the molecule is Cc1ccc(C(C)CCO)c(O)c1. The average Bonchev–Trinajstić information content (AvgIpc) is 2.04. The summed E-state index contributed by atoms with van der Waals surface area (Å²) in [5.74, 6) is 0.548. The Balaban J connectivity index is 2.88. The molecule has 13 heavy (non-hydrogen) atoms. The van der Waals surface area contributed by atoms with Crippen molar-refractivity contribution in [2.24, 2.45) is 0 Å². The predicted molar refractivity (Wildman–Crippen MR) is 53.0 cm³/mol. The molecule has 1 aromatic carbocycles. The van der Waals surface area contributed by atoms with E-state index < -0.39 is 0 Å². The van der Waals surface area contributed by atoms with Crippen LogP contribution in [0.15, 0.2) is 18.2 Å². The third-order valence-electron chi connectivity index (χ3n) is 2.28. The van der Waals surface area contributed by atoms with Gasteiger partial charge in [-0.2, -0.15) is 0 Å². The molecule has 2 N–H and O–H groups in total. The summed E-state index contributed by atoms with van der Waals surface area (Å²) in [6, 6.07) is 5.65. The molecule has 1 atom stereocenters. The van der Waals surface area contributed by atoms with Gasteiger partial charge in [0.05, 0.1) is 0 Å². The van der Waals surface area contributed by atoms with Gasteiger partial charge in [0.1, 0.15) is 5.75 Å². The number of benzene rings is 1. The zero-order chi connectivity index (χ0) is 9.84. The predicted octanol–water partition coefficient (Wildman–Crippen LogP) is 2.19. The normalized spacial score (nSPS) is 12.8. The summed E-state index contributed by atoms with van der Waals surface area (Å²) in [6.07, 6.45) is 0.691. The fourth-order valence-corrected chi connectivity index (χ4v) is 1.42. The van der Waals surface area contributed by atoms with Crippen LogP contribution in [0.3, 0.4) is 0 Å². The molecule has 0 fully saturated rings. The molecule has 0 radical (unpaired) electrons. The third kappa shape index (κ3) is 2.46. The number of hydrogen-bond acceptors (Lipinski definition) is 2. The average molecular weight is 180 g/mol. The highest BCUT2D eigenvalue weighted by atomic mass is 16.3. The fourth-order valence-electron chi connectivity index (χ4n) is 1.42. The Hall–Kier alpha value is -1.02. The lowest BCUT2D eigenvalue weighted by Gasteiger charge is -2.12. The van der Waals surface area contributed by atoms with Gasteiger partial charge in [-0.05, 0) is 36.5 Å². The smallest absolute Gasteiger partial charge is 0.119 e. The third-order valence-corrected chi connectivity index (χ3v) is 2.28. The number of aliphatic hydroxyl groups is 1. The molecule has 1 unspecified atom stereocenters. The van der Waals surface area contributed by atoms with Gasteiger partial charge in [0.2, 0.25) is 0 Å². The van der Waals surface area contributed by atoms with E-state index in [9.17, 15) is 5.11 Å². The van der Waals surface area contributed by atoms with E-state index in [1.165, 1.54) is 0 Å². The van der Waals surface area contributed by atoms with Crippen LogP contribution in [-0.2, 0) is 0 Å². The highest BCUT2D eigenvalue weighted by molar-refractivity contribution is 5.37. The Labute approximate surface area is 78.8 Å². The molecule has 0 aliphatic rings. The first kappa shape index (κ1) is 10.1. The Kier molecular flexibility index (Phi) is 3.32. The van der Waals surface area contributed by atoms with E-state index in [2.05, 4.69) is 0 Å². The molecule has 0 bridgehead atoms. The van der Waals surface area contributed by atoms with Gasteiger partial charge in [-0.1, -0.05) is 19.1 Å². The standard InChI is InChI=1S/C11H16O2/c1-8-3-4-10(11(13)7-8)9(2)5-6-12/h3-4,7,9,12-13H,5-6H2,1-2H3. The van der Waals surface area contributed by atoms with Gasteiger partial charge < -0.3 is 10.2 Å². The van der Waals surface area contributed by atoms with Crippen molar-refractivity contribution in [3.63, 3.8) is 0 Å². The highest BCUT2D eigenvalue weighted by Crippen LogP contribution is 2.28. The van der Waals surface area contributed by atoms with Crippen molar-refractivity contribution in [3.8, 4) is 5.75 Å². The molecule has 0 saturated carbocycles. The monoisotopic (exact) mass is 180 g/mol. The van der Waals surface area contributed by atoms with Crippen molar-refractivity contribution in [3.05, 3.63) is 29.3 Å². The quantitative estimate of drug-likeness (QED) is 0.748. The van der Waals surface area contributed by atoms with Crippen molar-refractivity contribution in [1.82, 2.24) is 0 Å². The van der Waals surface area contributed by atoms with Gasteiger partial charge in [-0.3, -0.25) is 0 Å². The lowest BCUT2D eigenvalue weighted by atomic mass is 9.96. The lowest BCUT2D eigenvalue weighted by molar-refractivity contribution is 0.277. The van der Waals surface area contributed by atoms with Crippen LogP contribution in [0.1, 0.15) is 30.4 Å². The van der Waals surface area contributed by atoms with Gasteiger partial charge in [-0.25, -0.2) is 0 Å². The molecule has 0 aliphatic heterocycles. The van der Waals surface area contributed by atoms with E-state index in [0.29, 0.717) is 12.2 Å². The number of aliphatic hydroxyl groups excluding tert-OH is 1. The van der Waals surface area contributed by atoms with E-state index in [1.807, 2.05) is 26.0 Å². The summed E-state index contributed by atoms with van der Waals surface area (Å²) in [5.41, 5.74) is 1.97. The Morgan fingerprint density at radius 3 is 2.62 bits per heavy atom. The number of phenols is 1. The number of hydrogen-bond donors (Lipinski definition) is 2. The topological polar surface area (TPSA) is 40.5 Å². The maximum atomic E-state index is 9.61. The van der Waals surface area contributed by atoms with E-state index >= 15 is 0 Å². The van der Waals surface area contributed by atoms with Crippen LogP contribution in [0, 0.1) is 6.92 Å². The molecule has 2 nitrogen and oxygen atoms in total. The zero-order valence-corrected chi connectivity index (χ0v) is 8.12. The molecule has 0 heterocycles. The van der Waals surface area contributed by atoms with Crippen LogP contribution in [0.4, 0.5) is 0 Å². The number of rotatable bonds is 3. The van der Waals surface area contributed by atoms with Gasteiger partial charge in [0.25, 0.3) is 0 Å². The van der Waals surface area contributed by atoms with Gasteiger partial charge in [-0.15, -0.1) is 0 Å². The molecule has 0 spiro atoms. The van der Waals surface area contributed by atoms with E-state index in [-0.39, 0.29) is 12.5 Å². The molecule has 72 valence electrons. The minimum atomic E-state index is 0.161. The first-order chi connectivity index (χ1) is 6.15. The van der Waals surface area contributed by atoms with E-state index in [0.717, 1.165) is 11.1 Å². The van der Waals surface area contributed by atoms with Crippen LogP contribution in [0.5, 0.6) is 5.75 Å². The lowest BCUT2D eigenvalue weighted by Crippen LogP contribution is -1.97. The molecule has 0 aliphatic carbocycles. The van der Waals surface area contributed by atoms with Crippen LogP contribution in [0.25, 0.3) is 0 Å². The largest absolute Gasteiger partial charge is 0.508 e. The van der Waals surface area contributed by atoms with Crippen molar-refractivity contribution in [2.75, 3.05) is 6.61 Å². The van der Waals surface area contributed by atoms with Crippen LogP contribution in [0.2, 0.25) is 0 Å². The number of aryl methyl sites for hydroxylation is 1. The van der Waals surface area contributed by atoms with Gasteiger partial charge >= 0.3 is 0 Å². The van der Waals surface area contributed by atoms with Crippen molar-refractivity contribution in [1.29, 1.82) is 0 Å². The fraction of sp³-hybridized carbons (Fsp3) is 0.455. The number of phenolic OH excluding ortho intramolecular Hbond substituents is 1. The highest BCUT2D eigenvalue weighted by Gasteiger charge is 2.09. The first-order valence-corrected chi connectivity index (χ1v) is 4.55. The zero-order valence-electron chi connectivity index (χ0n) is 8.12. The van der Waals surface area contributed by atoms with Crippen molar-refractivity contribution < 1.29 is 10.2 Å². The maximum Gasteiger partial charge on any atom is 0.119 e. The molecule has 0 aromatic heterocycles. The summed E-state index contributed by atoms with van der Waals surface area (Å²) < 4.78 is 0. The van der Waals surface area contributed by atoms with E-state index in [4.69, 9.17) is 5.11 Å². The minimum absolute atomic E-state index is 0.161. The maximum absolute atomic E-state index is 9.61. The van der Waals surface area contributed by atoms with Crippen molar-refractivity contribution in [2.45, 2.75) is 26.2 Å². The molecule has 1 rings (SSSR count). The number of aromatic hydroxyl groups is 1. The summed E-state index contributed by atoms with van der Waals surface area (Å²) >= 11 is 0. The van der Waals surface area contributed by atoms with Crippen LogP contribution < -0.4 is 0 Å². The Morgan fingerprint density at radius 1 is 1.38 bits per heavy atom. The molecule has 1 aromatic rings. The van der Waals surface area contributed by atoms with Crippen molar-refractivity contribution >= 4 is 0 Å². The van der Waals surface area contributed by atoms with E-state index in [1.54, 1.807) is 6.07 Å². The second-order valence-corrected chi connectivity index (χ2v) is 3.48. The van der Waals surface area contributed by atoms with Gasteiger partial charge in [0.15, 0.2) is 0 Å². The molecular formula is C11H16O2. The summed E-state index contributed by atoms with van der Waals surface area (Å²) in [6.45, 7) is 4.11. The summed E-state index contributed by atoms with van der Waals surface area (Å²) in [7, 11) is 0. The first-order valence-electron chi connectivity index (χ1n) is 4.55. The van der Waals surface area contributed by atoms with Crippen LogP contribution in [-0.4, -0.2) is 16.8 Å². The molecule has 2 heteroatoms. The second kappa shape index (κ2) is 4.28. The second-order valence-electron chi connectivity index (χ2n) is 3.48.